The lowest BCUT2D eigenvalue weighted by Gasteiger charge is -2.04. The van der Waals surface area contributed by atoms with Crippen LogP contribution in [0.3, 0.4) is 0 Å². The molecule has 0 atom stereocenters. The van der Waals surface area contributed by atoms with Crippen LogP contribution in [-0.4, -0.2) is 31.8 Å². The molecule has 140 valence electrons. The summed E-state index contributed by atoms with van der Waals surface area (Å²) >= 11 is 0. The second kappa shape index (κ2) is 7.45. The molecule has 2 aliphatic heterocycles. The number of nitrogens with zero attached hydrogens (tertiary/aromatic N) is 2. The summed E-state index contributed by atoms with van der Waals surface area (Å²) in [5.41, 5.74) is 3.13. The molecule has 0 aromatic heterocycles. The van der Waals surface area contributed by atoms with E-state index in [1.165, 1.54) is 0 Å². The smallest absolute Gasteiger partial charge is 0.280 e. The number of hydrogen-bond acceptors (Lipinski definition) is 8. The van der Waals surface area contributed by atoms with Gasteiger partial charge in [-0.3, -0.25) is 0 Å². The van der Waals surface area contributed by atoms with Gasteiger partial charge in [-0.25, -0.2) is 0 Å². The van der Waals surface area contributed by atoms with Crippen LogP contribution in [0.1, 0.15) is 25.0 Å². The normalized spacial score (nSPS) is 15.0. The second-order valence-electron chi connectivity index (χ2n) is 5.87. The van der Waals surface area contributed by atoms with Crippen molar-refractivity contribution in [2.45, 2.75) is 13.8 Å². The lowest BCUT2D eigenvalue weighted by molar-refractivity contribution is -0.0505. The summed E-state index contributed by atoms with van der Waals surface area (Å²) in [6.45, 7) is 4.03. The SMILES string of the molecule is CC(=NOCON=C(C)c1ccc2c(c1)OCO2)c1ccc2c(c1)OCO2. The molecule has 0 amide bonds. The number of fused-ring (bicyclic) bond motifs is 2. The Hall–Kier alpha value is -3.42. The Morgan fingerprint density at radius 2 is 1.19 bits per heavy atom. The summed E-state index contributed by atoms with van der Waals surface area (Å²) in [6.07, 6.45) is 0. The van der Waals surface area contributed by atoms with Crippen LogP contribution in [0.15, 0.2) is 46.7 Å². The zero-order valence-corrected chi connectivity index (χ0v) is 14.9. The number of rotatable bonds is 6. The predicted octanol–water partition coefficient (Wildman–Crippen LogP) is 3.28. The minimum atomic E-state index is -0.107. The number of ether oxygens (including phenoxy) is 4. The lowest BCUT2D eigenvalue weighted by atomic mass is 10.1. The molecule has 0 radical (unpaired) electrons. The third kappa shape index (κ3) is 3.74. The maximum absolute atomic E-state index is 5.35. The molecule has 27 heavy (non-hydrogen) atoms. The Bertz CT molecular complexity index is 836. The number of hydrogen-bond donors (Lipinski definition) is 0. The van der Waals surface area contributed by atoms with E-state index in [2.05, 4.69) is 10.3 Å². The van der Waals surface area contributed by atoms with Crippen molar-refractivity contribution < 1.29 is 28.6 Å². The first-order chi connectivity index (χ1) is 13.2. The molecule has 4 rings (SSSR count). The first-order valence-corrected chi connectivity index (χ1v) is 8.34. The van der Waals surface area contributed by atoms with E-state index in [0.29, 0.717) is 22.9 Å². The van der Waals surface area contributed by atoms with Gasteiger partial charge in [0.15, 0.2) is 23.0 Å². The van der Waals surface area contributed by atoms with Crippen molar-refractivity contribution in [2.75, 3.05) is 20.4 Å². The minimum absolute atomic E-state index is 0.107. The monoisotopic (exact) mass is 370 g/mol. The van der Waals surface area contributed by atoms with Crippen LogP contribution in [0, 0.1) is 0 Å². The fraction of sp³-hybridized carbons (Fsp3) is 0.263. The average molecular weight is 370 g/mol. The number of benzene rings is 2. The molecular formula is C19H18N2O6. The molecule has 8 nitrogen and oxygen atoms in total. The van der Waals surface area contributed by atoms with Crippen molar-refractivity contribution in [1.82, 2.24) is 0 Å². The van der Waals surface area contributed by atoms with Crippen molar-refractivity contribution in [3.05, 3.63) is 47.5 Å². The third-order valence-electron chi connectivity index (χ3n) is 4.09. The van der Waals surface area contributed by atoms with Crippen LogP contribution in [0.4, 0.5) is 0 Å². The van der Waals surface area contributed by atoms with E-state index in [1.807, 2.05) is 50.2 Å². The van der Waals surface area contributed by atoms with Crippen LogP contribution in [0.2, 0.25) is 0 Å². The number of oxime groups is 2. The maximum atomic E-state index is 5.35. The Morgan fingerprint density at radius 3 is 1.67 bits per heavy atom. The Kier molecular flexibility index (Phi) is 4.69. The summed E-state index contributed by atoms with van der Waals surface area (Å²) in [4.78, 5) is 10.3. The lowest BCUT2D eigenvalue weighted by Crippen LogP contribution is -2.00. The van der Waals surface area contributed by atoms with Gasteiger partial charge in [0.1, 0.15) is 0 Å². The Balaban J connectivity index is 1.30. The van der Waals surface area contributed by atoms with Gasteiger partial charge < -0.3 is 28.6 Å². The summed E-state index contributed by atoms with van der Waals surface area (Å²) in [5, 5.41) is 8.05. The minimum Gasteiger partial charge on any atom is -0.454 e. The molecule has 0 unspecified atom stereocenters. The van der Waals surface area contributed by atoms with Crippen molar-refractivity contribution in [2.24, 2.45) is 10.3 Å². The van der Waals surface area contributed by atoms with Crippen LogP contribution >= 0.6 is 0 Å². The van der Waals surface area contributed by atoms with E-state index < -0.39 is 0 Å². The standard InChI is InChI=1S/C19H18N2O6/c1-12(14-3-5-16-18(7-14)24-9-22-16)20-26-11-27-21-13(2)15-4-6-17-19(8-15)25-10-23-17/h3-8H,9-11H2,1-2H3. The van der Waals surface area contributed by atoms with Crippen LogP contribution in [-0.2, 0) is 9.68 Å². The van der Waals surface area contributed by atoms with Gasteiger partial charge in [-0.15, -0.1) is 0 Å². The summed E-state index contributed by atoms with van der Waals surface area (Å²) in [7, 11) is 0. The highest BCUT2D eigenvalue weighted by Gasteiger charge is 2.15. The molecule has 0 saturated carbocycles. The van der Waals surface area contributed by atoms with Crippen molar-refractivity contribution in [3.63, 3.8) is 0 Å². The quantitative estimate of drug-likeness (QED) is 0.336. The van der Waals surface area contributed by atoms with Gasteiger partial charge in [0, 0.05) is 11.1 Å². The van der Waals surface area contributed by atoms with Crippen molar-refractivity contribution >= 4 is 11.4 Å². The van der Waals surface area contributed by atoms with E-state index in [-0.39, 0.29) is 20.4 Å². The first kappa shape index (κ1) is 17.0. The Labute approximate surface area is 155 Å². The van der Waals surface area contributed by atoms with Gasteiger partial charge in [0.2, 0.25) is 13.6 Å². The largest absolute Gasteiger partial charge is 0.454 e. The predicted molar refractivity (Wildman–Crippen MR) is 96.6 cm³/mol. The molecule has 8 heteroatoms. The molecule has 2 heterocycles. The highest BCUT2D eigenvalue weighted by Crippen LogP contribution is 2.33. The molecule has 2 aromatic carbocycles. The molecule has 0 spiro atoms. The second-order valence-corrected chi connectivity index (χ2v) is 5.87. The molecule has 0 fully saturated rings. The van der Waals surface area contributed by atoms with Gasteiger partial charge in [0.05, 0.1) is 11.4 Å². The summed E-state index contributed by atoms with van der Waals surface area (Å²) < 4.78 is 21.3. The van der Waals surface area contributed by atoms with Gasteiger partial charge in [-0.05, 0) is 50.2 Å². The van der Waals surface area contributed by atoms with Gasteiger partial charge in [-0.1, -0.05) is 10.3 Å². The van der Waals surface area contributed by atoms with Crippen molar-refractivity contribution in [1.29, 1.82) is 0 Å². The van der Waals surface area contributed by atoms with Crippen LogP contribution < -0.4 is 18.9 Å². The van der Waals surface area contributed by atoms with Gasteiger partial charge >= 0.3 is 0 Å². The molecule has 0 aliphatic carbocycles. The van der Waals surface area contributed by atoms with E-state index in [9.17, 15) is 0 Å². The van der Waals surface area contributed by atoms with Crippen molar-refractivity contribution in [3.8, 4) is 23.0 Å². The average Bonchev–Trinajstić information content (AvgIpc) is 3.34. The molecule has 2 aliphatic rings. The third-order valence-corrected chi connectivity index (χ3v) is 4.09. The van der Waals surface area contributed by atoms with Crippen LogP contribution in [0.25, 0.3) is 0 Å². The zero-order chi connectivity index (χ0) is 18.6. The molecule has 0 bridgehead atoms. The fourth-order valence-corrected chi connectivity index (χ4v) is 2.62. The highest BCUT2D eigenvalue weighted by molar-refractivity contribution is 5.99. The summed E-state index contributed by atoms with van der Waals surface area (Å²) in [5.74, 6) is 2.85. The van der Waals surface area contributed by atoms with Crippen LogP contribution in [0.5, 0.6) is 23.0 Å². The van der Waals surface area contributed by atoms with E-state index >= 15 is 0 Å². The first-order valence-electron chi connectivity index (χ1n) is 8.34. The molecule has 2 aromatic rings. The maximum Gasteiger partial charge on any atom is 0.280 e. The molecule has 0 saturated heterocycles. The van der Waals surface area contributed by atoms with Gasteiger partial charge in [-0.2, -0.15) is 0 Å². The van der Waals surface area contributed by atoms with Gasteiger partial charge in [0.25, 0.3) is 6.79 Å². The van der Waals surface area contributed by atoms with E-state index in [0.717, 1.165) is 22.6 Å². The van der Waals surface area contributed by atoms with E-state index in [4.69, 9.17) is 28.6 Å². The highest BCUT2D eigenvalue weighted by atomic mass is 16.8. The summed E-state index contributed by atoms with van der Waals surface area (Å²) in [6, 6.07) is 11.2. The topological polar surface area (TPSA) is 80.1 Å². The fourth-order valence-electron chi connectivity index (χ4n) is 2.62. The van der Waals surface area contributed by atoms with E-state index in [1.54, 1.807) is 0 Å². The molecule has 0 N–H and O–H groups in total. The Morgan fingerprint density at radius 1 is 0.741 bits per heavy atom. The molecular weight excluding hydrogens is 352 g/mol. The zero-order valence-electron chi connectivity index (χ0n) is 14.9.